The van der Waals surface area contributed by atoms with Crippen molar-refractivity contribution < 1.29 is 9.00 Å². The molecule has 1 amide bonds. The summed E-state index contributed by atoms with van der Waals surface area (Å²) in [6.45, 7) is 1.68. The highest BCUT2D eigenvalue weighted by Crippen LogP contribution is 1.96. The summed E-state index contributed by atoms with van der Waals surface area (Å²) in [5.74, 6) is 0.393. The fourth-order valence-corrected chi connectivity index (χ4v) is 1.87. The topological polar surface area (TPSA) is 90.0 Å². The molecule has 0 saturated carbocycles. The van der Waals surface area contributed by atoms with E-state index in [1.807, 2.05) is 0 Å². The van der Waals surface area contributed by atoms with Crippen molar-refractivity contribution in [3.63, 3.8) is 0 Å². The molecule has 1 unspecified atom stereocenters. The van der Waals surface area contributed by atoms with Gasteiger partial charge < -0.3 is 15.6 Å². The Hall–Kier alpha value is -1.21. The van der Waals surface area contributed by atoms with Gasteiger partial charge in [0.25, 0.3) is 5.91 Å². The van der Waals surface area contributed by atoms with Crippen molar-refractivity contribution in [1.82, 2.24) is 14.9 Å². The normalized spacial score (nSPS) is 12.4. The number of amides is 1. The minimum Gasteiger partial charge on any atom is -0.351 e. The standard InChI is InChI=1S/C10H18N4O2S/c1-17(16)6-2-4-12-10(15)9-7-14(5-3-11)8-13-9/h7-8H,2-6,11H2,1H3,(H,12,15). The van der Waals surface area contributed by atoms with Crippen LogP contribution in [0.1, 0.15) is 16.9 Å². The molecule has 0 saturated heterocycles. The average Bonchev–Trinajstić information content (AvgIpc) is 2.73. The Morgan fingerprint density at radius 2 is 2.41 bits per heavy atom. The molecule has 1 aromatic rings. The van der Waals surface area contributed by atoms with Crippen LogP contribution in [0.5, 0.6) is 0 Å². The van der Waals surface area contributed by atoms with E-state index in [1.54, 1.807) is 23.3 Å². The van der Waals surface area contributed by atoms with Crippen LogP contribution in [-0.2, 0) is 17.3 Å². The third-order valence-corrected chi connectivity index (χ3v) is 3.01. The predicted octanol–water partition coefficient (Wildman–Crippen LogP) is -0.660. The number of hydrogen-bond acceptors (Lipinski definition) is 4. The monoisotopic (exact) mass is 258 g/mol. The van der Waals surface area contributed by atoms with E-state index in [9.17, 15) is 9.00 Å². The van der Waals surface area contributed by atoms with Crippen LogP contribution in [-0.4, -0.2) is 44.8 Å². The summed E-state index contributed by atoms with van der Waals surface area (Å²) in [4.78, 5) is 15.6. The lowest BCUT2D eigenvalue weighted by molar-refractivity contribution is 0.0949. The van der Waals surface area contributed by atoms with Gasteiger partial charge in [-0.25, -0.2) is 4.98 Å². The molecule has 7 heteroatoms. The molecule has 0 spiro atoms. The van der Waals surface area contributed by atoms with Gasteiger partial charge in [0.05, 0.1) is 6.33 Å². The third-order valence-electron chi connectivity index (χ3n) is 2.15. The highest BCUT2D eigenvalue weighted by atomic mass is 32.2. The van der Waals surface area contributed by atoms with E-state index in [1.165, 1.54) is 0 Å². The minimum absolute atomic E-state index is 0.206. The SMILES string of the molecule is CS(=O)CCCNC(=O)c1cn(CCN)cn1. The zero-order chi connectivity index (χ0) is 12.7. The fourth-order valence-electron chi connectivity index (χ4n) is 1.32. The van der Waals surface area contributed by atoms with Gasteiger partial charge in [-0.2, -0.15) is 0 Å². The first-order valence-electron chi connectivity index (χ1n) is 5.43. The quantitative estimate of drug-likeness (QED) is 0.635. The molecule has 0 radical (unpaired) electrons. The lowest BCUT2D eigenvalue weighted by Gasteiger charge is -2.01. The Kier molecular flexibility index (Phi) is 5.85. The number of nitrogens with two attached hydrogens (primary N) is 1. The number of aromatic nitrogens is 2. The summed E-state index contributed by atoms with van der Waals surface area (Å²) in [6, 6.07) is 0. The Bertz CT molecular complexity index is 391. The van der Waals surface area contributed by atoms with Gasteiger partial charge in [-0.05, 0) is 6.42 Å². The summed E-state index contributed by atoms with van der Waals surface area (Å²) in [5.41, 5.74) is 5.78. The number of nitrogens with zero attached hydrogens (tertiary/aromatic N) is 2. The first-order valence-corrected chi connectivity index (χ1v) is 7.16. The molecule has 0 aliphatic heterocycles. The number of carbonyl (C=O) groups is 1. The molecule has 1 aromatic heterocycles. The van der Waals surface area contributed by atoms with E-state index in [0.29, 0.717) is 37.5 Å². The zero-order valence-electron chi connectivity index (χ0n) is 9.89. The third kappa shape index (κ3) is 5.10. The Morgan fingerprint density at radius 3 is 3.06 bits per heavy atom. The Labute approximate surface area is 103 Å². The summed E-state index contributed by atoms with van der Waals surface area (Å²) in [6.07, 6.45) is 5.61. The first-order chi connectivity index (χ1) is 8.13. The maximum Gasteiger partial charge on any atom is 0.271 e. The number of rotatable bonds is 7. The van der Waals surface area contributed by atoms with Crippen molar-refractivity contribution in [2.24, 2.45) is 5.73 Å². The van der Waals surface area contributed by atoms with Crippen LogP contribution in [0.2, 0.25) is 0 Å². The van der Waals surface area contributed by atoms with Gasteiger partial charge >= 0.3 is 0 Å². The summed E-state index contributed by atoms with van der Waals surface area (Å²) in [5, 5.41) is 2.73. The fraction of sp³-hybridized carbons (Fsp3) is 0.600. The lowest BCUT2D eigenvalue weighted by atomic mass is 10.4. The second-order valence-corrected chi connectivity index (χ2v) is 5.23. The van der Waals surface area contributed by atoms with Gasteiger partial charge in [0.2, 0.25) is 0 Å². The van der Waals surface area contributed by atoms with E-state index < -0.39 is 10.8 Å². The van der Waals surface area contributed by atoms with Crippen LogP contribution in [0, 0.1) is 0 Å². The van der Waals surface area contributed by atoms with E-state index in [2.05, 4.69) is 10.3 Å². The van der Waals surface area contributed by atoms with Crippen LogP contribution >= 0.6 is 0 Å². The van der Waals surface area contributed by atoms with Crippen molar-refractivity contribution in [3.05, 3.63) is 18.2 Å². The lowest BCUT2D eigenvalue weighted by Crippen LogP contribution is -2.25. The van der Waals surface area contributed by atoms with E-state index >= 15 is 0 Å². The van der Waals surface area contributed by atoms with E-state index in [0.717, 1.165) is 0 Å². The molecule has 0 aromatic carbocycles. The van der Waals surface area contributed by atoms with Gasteiger partial charge in [0.15, 0.2) is 0 Å². The Morgan fingerprint density at radius 1 is 1.65 bits per heavy atom. The molecule has 3 N–H and O–H groups in total. The second kappa shape index (κ2) is 7.18. The molecule has 0 aliphatic rings. The zero-order valence-corrected chi connectivity index (χ0v) is 10.7. The summed E-state index contributed by atoms with van der Waals surface area (Å²) < 4.78 is 12.6. The largest absolute Gasteiger partial charge is 0.351 e. The number of carbonyl (C=O) groups excluding carboxylic acids is 1. The summed E-state index contributed by atoms with van der Waals surface area (Å²) >= 11 is 0. The smallest absolute Gasteiger partial charge is 0.271 e. The van der Waals surface area contributed by atoms with Gasteiger partial charge in [-0.1, -0.05) is 0 Å². The van der Waals surface area contributed by atoms with Crippen molar-refractivity contribution in [2.75, 3.05) is 25.1 Å². The van der Waals surface area contributed by atoms with Crippen LogP contribution in [0.4, 0.5) is 0 Å². The highest BCUT2D eigenvalue weighted by Gasteiger charge is 2.08. The molecule has 1 heterocycles. The van der Waals surface area contributed by atoms with Crippen molar-refractivity contribution in [3.8, 4) is 0 Å². The Balaban J connectivity index is 2.33. The van der Waals surface area contributed by atoms with E-state index in [-0.39, 0.29) is 5.91 Å². The second-order valence-electron chi connectivity index (χ2n) is 3.67. The molecular weight excluding hydrogens is 240 g/mol. The van der Waals surface area contributed by atoms with Gasteiger partial charge in [-0.15, -0.1) is 0 Å². The molecular formula is C10H18N4O2S. The van der Waals surface area contributed by atoms with Crippen LogP contribution in [0.25, 0.3) is 0 Å². The summed E-state index contributed by atoms with van der Waals surface area (Å²) in [7, 11) is -0.808. The van der Waals surface area contributed by atoms with Crippen molar-refractivity contribution in [1.29, 1.82) is 0 Å². The predicted molar refractivity (Wildman–Crippen MR) is 67.2 cm³/mol. The molecule has 0 fully saturated rings. The van der Waals surface area contributed by atoms with Crippen LogP contribution in [0.3, 0.4) is 0 Å². The first kappa shape index (κ1) is 13.9. The van der Waals surface area contributed by atoms with E-state index in [4.69, 9.17) is 5.73 Å². The molecule has 6 nitrogen and oxygen atoms in total. The van der Waals surface area contributed by atoms with Crippen LogP contribution < -0.4 is 11.1 Å². The van der Waals surface area contributed by atoms with Gasteiger partial charge in [-0.3, -0.25) is 9.00 Å². The average molecular weight is 258 g/mol. The minimum atomic E-state index is -0.808. The number of imidazole rings is 1. The number of nitrogens with one attached hydrogen (secondary N) is 1. The van der Waals surface area contributed by atoms with Crippen LogP contribution in [0.15, 0.2) is 12.5 Å². The molecule has 1 atom stereocenters. The van der Waals surface area contributed by atoms with Crippen molar-refractivity contribution in [2.45, 2.75) is 13.0 Å². The molecule has 0 aliphatic carbocycles. The molecule has 96 valence electrons. The highest BCUT2D eigenvalue weighted by molar-refractivity contribution is 7.84. The molecule has 1 rings (SSSR count). The van der Waals surface area contributed by atoms with Gasteiger partial charge in [0.1, 0.15) is 5.69 Å². The maximum absolute atomic E-state index is 11.6. The van der Waals surface area contributed by atoms with Gasteiger partial charge in [0, 0.05) is 48.6 Å². The molecule has 0 bridgehead atoms. The van der Waals surface area contributed by atoms with Crippen molar-refractivity contribution >= 4 is 16.7 Å². The maximum atomic E-state index is 11.6. The molecule has 17 heavy (non-hydrogen) atoms. The number of hydrogen-bond donors (Lipinski definition) is 2.